The zero-order valence-electron chi connectivity index (χ0n) is 23.2. The van der Waals surface area contributed by atoms with Gasteiger partial charge >= 0.3 is 57.1 Å². The van der Waals surface area contributed by atoms with Crippen molar-refractivity contribution in [2.24, 2.45) is 0 Å². The molecule has 0 aromatic heterocycles. The highest BCUT2D eigenvalue weighted by molar-refractivity contribution is 8.33. The van der Waals surface area contributed by atoms with E-state index in [1.54, 1.807) is 6.92 Å². The lowest BCUT2D eigenvalue weighted by atomic mass is 9.91. The maximum absolute atomic E-state index is 14.9. The summed E-state index contributed by atoms with van der Waals surface area (Å²) in [6.45, 7) is 1.77. The van der Waals surface area contributed by atoms with Crippen molar-refractivity contribution in [2.45, 2.75) is 84.5 Å². The van der Waals surface area contributed by atoms with Crippen LogP contribution in [-0.4, -0.2) is 66.9 Å². The summed E-state index contributed by atoms with van der Waals surface area (Å²) in [6.07, 6.45) is -7.03. The first-order chi connectivity index (χ1) is 21.0. The quantitative estimate of drug-likeness (QED) is 0.203. The second kappa shape index (κ2) is 11.7. The molecule has 1 aliphatic heterocycles. The molecule has 0 aliphatic carbocycles. The van der Waals surface area contributed by atoms with Crippen LogP contribution < -0.4 is 0 Å². The SMILES string of the molecule is CCCc1ccc(S2(OS(=O)(=O)C(F)(F)C(F)(F)C(F)(F)C(F)(F)C(F)(F)C(F)(F)C(F)(F)C(F)(F)F)CCCC2)c2ccccc12. The van der Waals surface area contributed by atoms with Gasteiger partial charge in [-0.2, -0.15) is 83.1 Å². The summed E-state index contributed by atoms with van der Waals surface area (Å²) in [7, 11) is -11.5. The average molecular weight is 757 g/mol. The van der Waals surface area contributed by atoms with Crippen molar-refractivity contribution < 1.29 is 86.7 Å². The van der Waals surface area contributed by atoms with Crippen LogP contribution in [-0.2, 0) is 20.2 Å². The zero-order chi connectivity index (χ0) is 36.5. The van der Waals surface area contributed by atoms with Crippen molar-refractivity contribution in [2.75, 3.05) is 11.5 Å². The van der Waals surface area contributed by atoms with Crippen LogP contribution in [0, 0.1) is 0 Å². The van der Waals surface area contributed by atoms with Crippen LogP contribution in [0.5, 0.6) is 0 Å². The largest absolute Gasteiger partial charge is 0.460 e. The number of rotatable bonds is 12. The maximum atomic E-state index is 14.9. The van der Waals surface area contributed by atoms with Crippen molar-refractivity contribution in [3.63, 3.8) is 0 Å². The summed E-state index contributed by atoms with van der Waals surface area (Å²) in [6, 6.07) is 8.23. The van der Waals surface area contributed by atoms with E-state index in [1.807, 2.05) is 0 Å². The molecule has 1 aliphatic rings. The minimum absolute atomic E-state index is 0.0548. The first-order valence-electron chi connectivity index (χ1n) is 12.9. The molecule has 2 aromatic rings. The van der Waals surface area contributed by atoms with Gasteiger partial charge in [0.05, 0.1) is 0 Å². The normalized spacial score (nSPS) is 18.5. The van der Waals surface area contributed by atoms with E-state index >= 15 is 0 Å². The van der Waals surface area contributed by atoms with Gasteiger partial charge in [-0.25, -0.2) is 3.63 Å². The molecule has 1 fully saturated rings. The summed E-state index contributed by atoms with van der Waals surface area (Å²) >= 11 is 0. The van der Waals surface area contributed by atoms with Crippen LogP contribution in [0.4, 0.5) is 74.6 Å². The van der Waals surface area contributed by atoms with Gasteiger partial charge in [-0.1, -0.05) is 54.0 Å². The Balaban J connectivity index is 2.16. The maximum Gasteiger partial charge on any atom is 0.460 e. The molecular formula is C25H21F17O3S2. The second-order valence-electron chi connectivity index (χ2n) is 10.4. The van der Waals surface area contributed by atoms with Gasteiger partial charge in [0.2, 0.25) is 0 Å². The monoisotopic (exact) mass is 756 g/mol. The predicted octanol–water partition coefficient (Wildman–Crippen LogP) is 9.98. The van der Waals surface area contributed by atoms with Gasteiger partial charge in [-0.05, 0) is 41.7 Å². The molecule has 3 nitrogen and oxygen atoms in total. The average Bonchev–Trinajstić information content (AvgIpc) is 3.40. The summed E-state index contributed by atoms with van der Waals surface area (Å²) < 4.78 is 263. The van der Waals surface area contributed by atoms with Gasteiger partial charge in [-0.3, -0.25) is 0 Å². The number of aryl methyl sites for hydroxylation is 1. The van der Waals surface area contributed by atoms with Crippen LogP contribution in [0.15, 0.2) is 41.3 Å². The van der Waals surface area contributed by atoms with Crippen LogP contribution in [0.25, 0.3) is 10.8 Å². The molecule has 0 unspecified atom stereocenters. The number of hydrogen-bond acceptors (Lipinski definition) is 3. The van der Waals surface area contributed by atoms with E-state index in [2.05, 4.69) is 3.63 Å². The lowest BCUT2D eigenvalue weighted by Gasteiger charge is -2.43. The Morgan fingerprint density at radius 2 is 1.04 bits per heavy atom. The summed E-state index contributed by atoms with van der Waals surface area (Å²) in [5.41, 5.74) is 0.620. The Labute approximate surface area is 256 Å². The third-order valence-corrected chi connectivity index (χ3v) is 13.0. The molecule has 1 saturated heterocycles. The molecule has 270 valence electrons. The third kappa shape index (κ3) is 5.51. The Morgan fingerprint density at radius 1 is 0.617 bits per heavy atom. The second-order valence-corrected chi connectivity index (χ2v) is 15.3. The molecule has 0 saturated carbocycles. The lowest BCUT2D eigenvalue weighted by molar-refractivity contribution is -0.458. The number of halogens is 17. The molecule has 22 heteroatoms. The van der Waals surface area contributed by atoms with E-state index in [1.165, 1.54) is 30.3 Å². The Bertz CT molecular complexity index is 1580. The molecule has 0 atom stereocenters. The van der Waals surface area contributed by atoms with Gasteiger partial charge in [0.1, 0.15) is 0 Å². The van der Waals surface area contributed by atoms with E-state index in [-0.39, 0.29) is 23.1 Å². The summed E-state index contributed by atoms with van der Waals surface area (Å²) in [5.74, 6) is -53.0. The molecule has 0 N–H and O–H groups in total. The molecule has 47 heavy (non-hydrogen) atoms. The van der Waals surface area contributed by atoms with Gasteiger partial charge in [0, 0.05) is 16.4 Å². The highest BCUT2D eigenvalue weighted by atomic mass is 32.3. The molecule has 0 bridgehead atoms. The van der Waals surface area contributed by atoms with E-state index in [0.717, 1.165) is 6.07 Å². The zero-order valence-corrected chi connectivity index (χ0v) is 24.8. The topological polar surface area (TPSA) is 43.4 Å². The fourth-order valence-electron chi connectivity index (χ4n) is 4.76. The Hall–Kier alpha value is -2.23. The van der Waals surface area contributed by atoms with E-state index < -0.39 is 78.9 Å². The Morgan fingerprint density at radius 3 is 1.49 bits per heavy atom. The van der Waals surface area contributed by atoms with Crippen molar-refractivity contribution in [3.05, 3.63) is 42.0 Å². The molecule has 2 aromatic carbocycles. The van der Waals surface area contributed by atoms with Gasteiger partial charge in [0.25, 0.3) is 0 Å². The molecule has 0 spiro atoms. The fourth-order valence-corrected chi connectivity index (χ4v) is 10.6. The number of hydrogen-bond donors (Lipinski definition) is 0. The van der Waals surface area contributed by atoms with Gasteiger partial charge in [0.15, 0.2) is 0 Å². The van der Waals surface area contributed by atoms with Crippen molar-refractivity contribution >= 4 is 31.2 Å². The minimum atomic E-state index is -8.90. The minimum Gasteiger partial charge on any atom is -0.211 e. The van der Waals surface area contributed by atoms with Crippen LogP contribution in [0.3, 0.4) is 0 Å². The molecule has 0 radical (unpaired) electrons. The molecule has 0 amide bonds. The predicted molar refractivity (Wildman–Crippen MR) is 133 cm³/mol. The van der Waals surface area contributed by atoms with Crippen molar-refractivity contribution in [1.82, 2.24) is 0 Å². The highest BCUT2D eigenvalue weighted by Crippen LogP contribution is 2.68. The summed E-state index contributed by atoms with van der Waals surface area (Å²) in [4.78, 5) is -0.217. The smallest absolute Gasteiger partial charge is 0.211 e. The highest BCUT2D eigenvalue weighted by Gasteiger charge is 2.96. The first kappa shape index (κ1) is 39.2. The number of benzene rings is 2. The van der Waals surface area contributed by atoms with Gasteiger partial charge < -0.3 is 0 Å². The Kier molecular flexibility index (Phi) is 9.75. The van der Waals surface area contributed by atoms with Crippen LogP contribution in [0.2, 0.25) is 0 Å². The molecule has 1 heterocycles. The van der Waals surface area contributed by atoms with Crippen molar-refractivity contribution in [3.8, 4) is 0 Å². The third-order valence-electron chi connectivity index (χ3n) is 7.32. The number of alkyl halides is 17. The van der Waals surface area contributed by atoms with Crippen LogP contribution >= 0.6 is 10.3 Å². The first-order valence-corrected chi connectivity index (χ1v) is 16.2. The van der Waals surface area contributed by atoms with E-state index in [4.69, 9.17) is 0 Å². The van der Waals surface area contributed by atoms with Crippen molar-refractivity contribution in [1.29, 1.82) is 0 Å². The fraction of sp³-hybridized carbons (Fsp3) is 0.600. The van der Waals surface area contributed by atoms with E-state index in [9.17, 15) is 83.1 Å². The van der Waals surface area contributed by atoms with Crippen LogP contribution in [0.1, 0.15) is 31.7 Å². The summed E-state index contributed by atoms with van der Waals surface area (Å²) in [5, 5.41) is -7.22. The molecule has 3 rings (SSSR count). The van der Waals surface area contributed by atoms with Gasteiger partial charge in [-0.15, -0.1) is 0 Å². The standard InChI is InChI=1S/C25H21F17O3S2/c1-2-7-14-10-11-17(16-9-4-3-8-15(14)16)46(12-5-6-13-46)45-47(43,44)25(41,42)23(36,37)21(32,33)19(28,29)18(26,27)20(30,31)22(34,35)24(38,39)40/h3-4,8-11H,2,5-7,12-13H2,1H3. The number of fused-ring (bicyclic) bond motifs is 1. The lowest BCUT2D eigenvalue weighted by Crippen LogP contribution is -2.75. The molecular weight excluding hydrogens is 735 g/mol. The van der Waals surface area contributed by atoms with E-state index in [0.29, 0.717) is 23.8 Å².